The normalized spacial score (nSPS) is 17.4. The lowest BCUT2D eigenvalue weighted by Gasteiger charge is -2.42. The van der Waals surface area contributed by atoms with Crippen molar-refractivity contribution in [3.8, 4) is 6.07 Å². The Morgan fingerprint density at radius 3 is 2.70 bits per heavy atom. The average molecular weight is 459 g/mol. The summed E-state index contributed by atoms with van der Waals surface area (Å²) in [5.74, 6) is -0.866. The van der Waals surface area contributed by atoms with Crippen LogP contribution in [-0.4, -0.2) is 28.2 Å². The fourth-order valence-electron chi connectivity index (χ4n) is 4.34. The maximum atomic E-state index is 13.8. The van der Waals surface area contributed by atoms with Crippen molar-refractivity contribution in [2.24, 2.45) is 5.92 Å². The fourth-order valence-corrected chi connectivity index (χ4v) is 4.57. The zero-order valence-electron chi connectivity index (χ0n) is 18.3. The van der Waals surface area contributed by atoms with E-state index in [0.717, 1.165) is 5.56 Å². The first-order valence-electron chi connectivity index (χ1n) is 10.7. The number of benzene rings is 2. The summed E-state index contributed by atoms with van der Waals surface area (Å²) in [4.78, 5) is 33.3. The monoisotopic (exact) mass is 458 g/mol. The first-order valence-corrected chi connectivity index (χ1v) is 11.1. The van der Waals surface area contributed by atoms with Crippen LogP contribution in [0.25, 0.3) is 0 Å². The second kappa shape index (κ2) is 9.43. The van der Waals surface area contributed by atoms with Crippen LogP contribution >= 0.6 is 11.6 Å². The maximum absolute atomic E-state index is 13.8. The first kappa shape index (κ1) is 22.5. The van der Waals surface area contributed by atoms with E-state index >= 15 is 0 Å². The largest absolute Gasteiger partial charge is 0.330 e. The third kappa shape index (κ3) is 4.59. The van der Waals surface area contributed by atoms with Crippen LogP contribution in [0.3, 0.4) is 0 Å². The van der Waals surface area contributed by atoms with Gasteiger partial charge in [-0.15, -0.1) is 0 Å². The predicted octanol–water partition coefficient (Wildman–Crippen LogP) is 5.18. The third-order valence-electron chi connectivity index (χ3n) is 5.60. The summed E-state index contributed by atoms with van der Waals surface area (Å²) in [6.07, 6.45) is 3.37. The summed E-state index contributed by atoms with van der Waals surface area (Å²) in [5.41, 5.74) is 2.74. The summed E-state index contributed by atoms with van der Waals surface area (Å²) in [7, 11) is 0. The van der Waals surface area contributed by atoms with Crippen molar-refractivity contribution in [3.63, 3.8) is 0 Å². The summed E-state index contributed by atoms with van der Waals surface area (Å²) in [5, 5.41) is 12.5. The molecule has 1 aliphatic heterocycles. The fraction of sp³-hybridized carbons (Fsp3) is 0.231. The summed E-state index contributed by atoms with van der Waals surface area (Å²) >= 11 is 6.14. The van der Waals surface area contributed by atoms with E-state index in [2.05, 4.69) is 10.3 Å². The number of hydrogen-bond acceptors (Lipinski definition) is 4. The van der Waals surface area contributed by atoms with Gasteiger partial charge in [-0.1, -0.05) is 49.7 Å². The molecule has 0 aliphatic carbocycles. The molecule has 6 nitrogen and oxygen atoms in total. The molecule has 4 rings (SSSR count). The number of carbonyl (C=O) groups excluding carboxylic acids is 2. The van der Waals surface area contributed by atoms with Crippen LogP contribution in [0.1, 0.15) is 52.9 Å². The van der Waals surface area contributed by atoms with Gasteiger partial charge in [-0.05, 0) is 47.4 Å². The molecule has 0 bridgehead atoms. The van der Waals surface area contributed by atoms with Crippen LogP contribution in [-0.2, 0) is 4.79 Å². The molecule has 2 aromatic carbocycles. The van der Waals surface area contributed by atoms with Gasteiger partial charge in [-0.25, -0.2) is 0 Å². The smallest absolute Gasteiger partial charge is 0.254 e. The molecule has 2 heterocycles. The topological polar surface area (TPSA) is 86.1 Å². The van der Waals surface area contributed by atoms with Crippen LogP contribution in [0.15, 0.2) is 67.0 Å². The van der Waals surface area contributed by atoms with Crippen molar-refractivity contribution >= 4 is 29.1 Å². The van der Waals surface area contributed by atoms with Gasteiger partial charge in [-0.3, -0.25) is 14.6 Å². The molecule has 7 heteroatoms. The van der Waals surface area contributed by atoms with Gasteiger partial charge in [0.15, 0.2) is 0 Å². The van der Waals surface area contributed by atoms with Crippen molar-refractivity contribution in [2.45, 2.75) is 25.8 Å². The molecule has 2 amide bonds. The van der Waals surface area contributed by atoms with E-state index in [0.29, 0.717) is 33.9 Å². The number of anilines is 1. The van der Waals surface area contributed by atoms with Crippen molar-refractivity contribution in [2.75, 3.05) is 11.9 Å². The standard InChI is InChI=1S/C26H23ClN4O2/c1-16(2)15-31-24(18-6-5-9-29-14-18)23(21-7-3-4-8-22(21)26(31)33)25(32)30-20-11-17(13-28)10-19(27)12-20/h3-12,14,16,23-24H,15H2,1-2H3,(H,30,32). The molecule has 166 valence electrons. The minimum atomic E-state index is -0.675. The lowest BCUT2D eigenvalue weighted by Crippen LogP contribution is -2.47. The van der Waals surface area contributed by atoms with Gasteiger partial charge < -0.3 is 10.2 Å². The van der Waals surface area contributed by atoms with Crippen molar-refractivity contribution in [1.29, 1.82) is 5.26 Å². The molecule has 1 aliphatic rings. The van der Waals surface area contributed by atoms with Gasteiger partial charge in [0, 0.05) is 35.2 Å². The highest BCUT2D eigenvalue weighted by molar-refractivity contribution is 6.31. The Morgan fingerprint density at radius 2 is 2.00 bits per heavy atom. The number of nitrogens with zero attached hydrogens (tertiary/aromatic N) is 3. The van der Waals surface area contributed by atoms with Gasteiger partial charge >= 0.3 is 0 Å². The first-order chi connectivity index (χ1) is 15.9. The number of fused-ring (bicyclic) bond motifs is 1. The molecule has 33 heavy (non-hydrogen) atoms. The van der Waals surface area contributed by atoms with Gasteiger partial charge in [-0.2, -0.15) is 5.26 Å². The van der Waals surface area contributed by atoms with E-state index in [1.54, 1.807) is 47.6 Å². The quantitative estimate of drug-likeness (QED) is 0.570. The SMILES string of the molecule is CC(C)CN1C(=O)c2ccccc2C(C(=O)Nc2cc(Cl)cc(C#N)c2)C1c1cccnc1. The van der Waals surface area contributed by atoms with Crippen molar-refractivity contribution in [3.05, 3.63) is 94.3 Å². The van der Waals surface area contributed by atoms with Crippen LogP contribution in [0, 0.1) is 17.2 Å². The molecule has 3 aromatic rings. The van der Waals surface area contributed by atoms with E-state index in [4.69, 9.17) is 11.6 Å². The number of hydrogen-bond donors (Lipinski definition) is 1. The highest BCUT2D eigenvalue weighted by Crippen LogP contribution is 2.43. The number of pyridine rings is 1. The lowest BCUT2D eigenvalue weighted by atomic mass is 9.79. The zero-order chi connectivity index (χ0) is 23.5. The van der Waals surface area contributed by atoms with E-state index in [1.165, 1.54) is 6.07 Å². The molecular weight excluding hydrogens is 436 g/mol. The second-order valence-electron chi connectivity index (χ2n) is 8.48. The Balaban J connectivity index is 1.84. The molecule has 1 N–H and O–H groups in total. The van der Waals surface area contributed by atoms with E-state index in [9.17, 15) is 14.9 Å². The van der Waals surface area contributed by atoms with Crippen LogP contribution in [0.2, 0.25) is 5.02 Å². The Morgan fingerprint density at radius 1 is 1.21 bits per heavy atom. The Kier molecular flexibility index (Phi) is 6.43. The predicted molar refractivity (Wildman–Crippen MR) is 127 cm³/mol. The highest BCUT2D eigenvalue weighted by atomic mass is 35.5. The van der Waals surface area contributed by atoms with Crippen LogP contribution < -0.4 is 5.32 Å². The number of rotatable bonds is 5. The van der Waals surface area contributed by atoms with Crippen molar-refractivity contribution in [1.82, 2.24) is 9.88 Å². The van der Waals surface area contributed by atoms with Crippen molar-refractivity contribution < 1.29 is 9.59 Å². The molecule has 0 saturated heterocycles. The Bertz CT molecular complexity index is 1240. The van der Waals surface area contributed by atoms with Crippen LogP contribution in [0.4, 0.5) is 5.69 Å². The Labute approximate surface area is 197 Å². The van der Waals surface area contributed by atoms with Gasteiger partial charge in [0.05, 0.1) is 23.6 Å². The van der Waals surface area contributed by atoms with E-state index in [-0.39, 0.29) is 17.7 Å². The summed E-state index contributed by atoms with van der Waals surface area (Å²) in [6, 6.07) is 17.2. The molecule has 0 spiro atoms. The minimum Gasteiger partial charge on any atom is -0.330 e. The highest BCUT2D eigenvalue weighted by Gasteiger charge is 2.44. The number of halogens is 1. The number of aromatic nitrogens is 1. The maximum Gasteiger partial charge on any atom is 0.254 e. The Hall–Kier alpha value is -3.69. The van der Waals surface area contributed by atoms with E-state index in [1.807, 2.05) is 38.1 Å². The lowest BCUT2D eigenvalue weighted by molar-refractivity contribution is -0.119. The molecule has 1 aromatic heterocycles. The summed E-state index contributed by atoms with van der Waals surface area (Å²) < 4.78 is 0. The molecule has 0 saturated carbocycles. The number of carbonyl (C=O) groups is 2. The molecule has 0 radical (unpaired) electrons. The second-order valence-corrected chi connectivity index (χ2v) is 8.91. The van der Waals surface area contributed by atoms with Gasteiger partial charge in [0.2, 0.25) is 5.91 Å². The number of amides is 2. The zero-order valence-corrected chi connectivity index (χ0v) is 19.1. The average Bonchev–Trinajstić information content (AvgIpc) is 2.80. The molecular formula is C26H23ClN4O2. The van der Waals surface area contributed by atoms with E-state index < -0.39 is 12.0 Å². The number of nitriles is 1. The molecule has 0 fully saturated rings. The van der Waals surface area contributed by atoms with Gasteiger partial charge in [0.1, 0.15) is 0 Å². The third-order valence-corrected chi connectivity index (χ3v) is 5.82. The van der Waals surface area contributed by atoms with Crippen LogP contribution in [0.5, 0.6) is 0 Å². The summed E-state index contributed by atoms with van der Waals surface area (Å²) in [6.45, 7) is 4.57. The number of nitrogens with one attached hydrogen (secondary N) is 1. The van der Waals surface area contributed by atoms with Gasteiger partial charge in [0.25, 0.3) is 5.91 Å². The minimum absolute atomic E-state index is 0.105. The molecule has 2 atom stereocenters. The molecule has 2 unspecified atom stereocenters.